The number of aliphatic hydroxyl groups excluding tert-OH is 1. The Morgan fingerprint density at radius 2 is 2.31 bits per heavy atom. The van der Waals surface area contributed by atoms with Crippen LogP contribution >= 0.6 is 0 Å². The quantitative estimate of drug-likeness (QED) is 0.686. The normalized spacial score (nSPS) is 13.0. The lowest BCUT2D eigenvalue weighted by Gasteiger charge is -2.08. The largest absolute Gasteiger partial charge is 0.396 e. The van der Waals surface area contributed by atoms with Crippen LogP contribution in [0.4, 0.5) is 0 Å². The molecule has 1 aromatic rings. The summed E-state index contributed by atoms with van der Waals surface area (Å²) in [6.45, 7) is 6.23. The summed E-state index contributed by atoms with van der Waals surface area (Å²) in [6.07, 6.45) is 2.19. The number of hydrogen-bond donors (Lipinski definition) is 2. The fraction of sp³-hybridized carbons (Fsp3) is 0.750. The van der Waals surface area contributed by atoms with Crippen molar-refractivity contribution in [2.45, 2.75) is 33.2 Å². The Bertz CT molecular complexity index is 309. The van der Waals surface area contributed by atoms with Crippen LogP contribution in [0.15, 0.2) is 6.07 Å². The zero-order valence-electron chi connectivity index (χ0n) is 10.5. The van der Waals surface area contributed by atoms with Gasteiger partial charge in [-0.2, -0.15) is 5.10 Å². The van der Waals surface area contributed by atoms with Crippen LogP contribution < -0.4 is 5.32 Å². The fourth-order valence-electron chi connectivity index (χ4n) is 1.71. The van der Waals surface area contributed by atoms with Gasteiger partial charge in [0.1, 0.15) is 0 Å². The Balaban J connectivity index is 2.14. The first-order valence-corrected chi connectivity index (χ1v) is 5.94. The van der Waals surface area contributed by atoms with Gasteiger partial charge in [-0.25, -0.2) is 0 Å². The summed E-state index contributed by atoms with van der Waals surface area (Å²) >= 11 is 0. The first kappa shape index (κ1) is 13.2. The maximum absolute atomic E-state index is 8.88. The van der Waals surface area contributed by atoms with E-state index in [4.69, 9.17) is 5.11 Å². The Kier molecular flexibility index (Phi) is 5.49. The van der Waals surface area contributed by atoms with Crippen LogP contribution in [0.3, 0.4) is 0 Å². The smallest absolute Gasteiger partial charge is 0.0597 e. The van der Waals surface area contributed by atoms with E-state index in [1.807, 2.05) is 18.7 Å². The Hall–Kier alpha value is -0.870. The average molecular weight is 225 g/mol. The van der Waals surface area contributed by atoms with Gasteiger partial charge < -0.3 is 10.4 Å². The molecule has 0 aliphatic rings. The third-order valence-electron chi connectivity index (χ3n) is 2.77. The highest BCUT2D eigenvalue weighted by Gasteiger charge is 2.02. The van der Waals surface area contributed by atoms with E-state index in [-0.39, 0.29) is 0 Å². The van der Waals surface area contributed by atoms with Crippen LogP contribution in [0.2, 0.25) is 0 Å². The van der Waals surface area contributed by atoms with E-state index in [9.17, 15) is 0 Å². The second kappa shape index (κ2) is 6.66. The van der Waals surface area contributed by atoms with Crippen LogP contribution in [-0.2, 0) is 13.6 Å². The van der Waals surface area contributed by atoms with Crippen LogP contribution in [0.1, 0.15) is 31.2 Å². The summed E-state index contributed by atoms with van der Waals surface area (Å²) < 4.78 is 1.92. The minimum atomic E-state index is 0.293. The summed E-state index contributed by atoms with van der Waals surface area (Å²) in [7, 11) is 1.97. The molecule has 1 aromatic heterocycles. The van der Waals surface area contributed by atoms with E-state index in [0.717, 1.165) is 31.6 Å². The Morgan fingerprint density at radius 1 is 1.56 bits per heavy atom. The van der Waals surface area contributed by atoms with Gasteiger partial charge in [-0.15, -0.1) is 0 Å². The van der Waals surface area contributed by atoms with E-state index in [0.29, 0.717) is 12.5 Å². The predicted octanol–water partition coefficient (Wildman–Crippen LogP) is 1.23. The lowest BCUT2D eigenvalue weighted by atomic mass is 10.1. The summed E-state index contributed by atoms with van der Waals surface area (Å²) in [5.41, 5.74) is 2.28. The molecule has 1 unspecified atom stereocenters. The molecule has 0 fully saturated rings. The lowest BCUT2D eigenvalue weighted by Crippen LogP contribution is -2.17. The molecule has 0 aliphatic heterocycles. The van der Waals surface area contributed by atoms with Crippen molar-refractivity contribution in [3.63, 3.8) is 0 Å². The van der Waals surface area contributed by atoms with Crippen LogP contribution in [0.25, 0.3) is 0 Å². The summed E-state index contributed by atoms with van der Waals surface area (Å²) in [5, 5.41) is 16.6. The third kappa shape index (κ3) is 4.33. The van der Waals surface area contributed by atoms with Crippen molar-refractivity contribution in [1.82, 2.24) is 15.1 Å². The van der Waals surface area contributed by atoms with Crippen molar-refractivity contribution in [3.05, 3.63) is 17.5 Å². The average Bonchev–Trinajstić information content (AvgIpc) is 2.56. The number of nitrogens with one attached hydrogen (secondary N) is 1. The Labute approximate surface area is 97.7 Å². The standard InChI is InChI=1S/C12H23N3O/c1-10(9-16)5-4-6-13-8-12-7-11(2)14-15(12)3/h7,10,13,16H,4-6,8-9H2,1-3H3. The summed E-state index contributed by atoms with van der Waals surface area (Å²) in [5.74, 6) is 0.417. The number of aryl methyl sites for hydroxylation is 2. The van der Waals surface area contributed by atoms with Gasteiger partial charge >= 0.3 is 0 Å². The molecular formula is C12H23N3O. The first-order valence-electron chi connectivity index (χ1n) is 5.94. The highest BCUT2D eigenvalue weighted by Crippen LogP contribution is 2.04. The molecule has 0 bridgehead atoms. The van der Waals surface area contributed by atoms with Crippen molar-refractivity contribution in [2.24, 2.45) is 13.0 Å². The number of nitrogens with zero attached hydrogens (tertiary/aromatic N) is 2. The number of aliphatic hydroxyl groups is 1. The molecule has 0 aliphatic carbocycles. The molecule has 92 valence electrons. The van der Waals surface area contributed by atoms with Gasteiger partial charge in [-0.05, 0) is 38.3 Å². The molecular weight excluding hydrogens is 202 g/mol. The second-order valence-electron chi connectivity index (χ2n) is 4.51. The number of aromatic nitrogens is 2. The molecule has 4 nitrogen and oxygen atoms in total. The third-order valence-corrected chi connectivity index (χ3v) is 2.77. The van der Waals surface area contributed by atoms with Crippen molar-refractivity contribution in [1.29, 1.82) is 0 Å². The van der Waals surface area contributed by atoms with Gasteiger partial charge in [0.25, 0.3) is 0 Å². The van der Waals surface area contributed by atoms with Crippen molar-refractivity contribution >= 4 is 0 Å². The SMILES string of the molecule is Cc1cc(CNCCCC(C)CO)n(C)n1. The van der Waals surface area contributed by atoms with E-state index in [2.05, 4.69) is 23.4 Å². The predicted molar refractivity (Wildman–Crippen MR) is 65.1 cm³/mol. The van der Waals surface area contributed by atoms with Crippen LogP contribution in [-0.4, -0.2) is 28.0 Å². The molecule has 2 N–H and O–H groups in total. The molecule has 16 heavy (non-hydrogen) atoms. The van der Waals surface area contributed by atoms with Crippen molar-refractivity contribution in [3.8, 4) is 0 Å². The molecule has 1 rings (SSSR count). The van der Waals surface area contributed by atoms with Crippen LogP contribution in [0.5, 0.6) is 0 Å². The van der Waals surface area contributed by atoms with E-state index < -0.39 is 0 Å². The summed E-state index contributed by atoms with van der Waals surface area (Å²) in [6, 6.07) is 2.10. The molecule has 0 aromatic carbocycles. The van der Waals surface area contributed by atoms with Gasteiger partial charge in [-0.3, -0.25) is 4.68 Å². The zero-order valence-corrected chi connectivity index (χ0v) is 10.5. The molecule has 1 heterocycles. The van der Waals surface area contributed by atoms with Gasteiger partial charge in [0.15, 0.2) is 0 Å². The molecule has 0 saturated carbocycles. The second-order valence-corrected chi connectivity index (χ2v) is 4.51. The maximum atomic E-state index is 8.88. The van der Waals surface area contributed by atoms with Gasteiger partial charge in [0.05, 0.1) is 11.4 Å². The molecule has 0 spiro atoms. The maximum Gasteiger partial charge on any atom is 0.0597 e. The Morgan fingerprint density at radius 3 is 2.88 bits per heavy atom. The summed E-state index contributed by atoms with van der Waals surface area (Å²) in [4.78, 5) is 0. The van der Waals surface area contributed by atoms with Gasteiger partial charge in [0, 0.05) is 20.2 Å². The minimum absolute atomic E-state index is 0.293. The minimum Gasteiger partial charge on any atom is -0.396 e. The molecule has 0 radical (unpaired) electrons. The molecule has 4 heteroatoms. The van der Waals surface area contributed by atoms with Crippen LogP contribution in [0, 0.1) is 12.8 Å². The number of hydrogen-bond acceptors (Lipinski definition) is 3. The molecule has 0 amide bonds. The zero-order chi connectivity index (χ0) is 12.0. The topological polar surface area (TPSA) is 50.1 Å². The van der Waals surface area contributed by atoms with E-state index in [1.54, 1.807) is 0 Å². The first-order chi connectivity index (χ1) is 7.63. The van der Waals surface area contributed by atoms with E-state index >= 15 is 0 Å². The molecule has 1 atom stereocenters. The van der Waals surface area contributed by atoms with Crippen molar-refractivity contribution < 1.29 is 5.11 Å². The monoisotopic (exact) mass is 225 g/mol. The van der Waals surface area contributed by atoms with Gasteiger partial charge in [-0.1, -0.05) is 6.92 Å². The fourth-order valence-corrected chi connectivity index (χ4v) is 1.71. The highest BCUT2D eigenvalue weighted by atomic mass is 16.3. The highest BCUT2D eigenvalue weighted by molar-refractivity contribution is 5.08. The molecule has 0 saturated heterocycles. The van der Waals surface area contributed by atoms with Crippen molar-refractivity contribution in [2.75, 3.05) is 13.2 Å². The number of rotatable bonds is 7. The van der Waals surface area contributed by atoms with Gasteiger partial charge in [0.2, 0.25) is 0 Å². The lowest BCUT2D eigenvalue weighted by molar-refractivity contribution is 0.228. The van der Waals surface area contributed by atoms with E-state index in [1.165, 1.54) is 5.69 Å².